The Morgan fingerprint density at radius 3 is 1.67 bits per heavy atom. The highest BCUT2D eigenvalue weighted by atomic mass is 14.1. The molecule has 90 valence electrons. The summed E-state index contributed by atoms with van der Waals surface area (Å²) in [7, 11) is 0. The molecule has 1 aliphatic rings. The van der Waals surface area contributed by atoms with Gasteiger partial charge >= 0.3 is 0 Å². The molecule has 0 unspecified atom stereocenters. The topological polar surface area (TPSA) is 0 Å². The molecule has 1 fully saturated rings. The number of hydrogen-bond donors (Lipinski definition) is 0. The van der Waals surface area contributed by atoms with Crippen molar-refractivity contribution in [3.05, 3.63) is 0 Å². The highest BCUT2D eigenvalue weighted by Crippen LogP contribution is 2.24. The molecule has 0 heteroatoms. The summed E-state index contributed by atoms with van der Waals surface area (Å²) in [5, 5.41) is 0. The second-order valence-electron chi connectivity index (χ2n) is 5.66. The zero-order valence-corrected chi connectivity index (χ0v) is 10.9. The number of hydrogen-bond acceptors (Lipinski definition) is 0. The molecule has 0 aromatic heterocycles. The van der Waals surface area contributed by atoms with E-state index < -0.39 is 0 Å². The predicted molar refractivity (Wildman–Crippen MR) is 69.1 cm³/mol. The molecule has 0 aliphatic heterocycles. The largest absolute Gasteiger partial charge is 0.0651 e. The van der Waals surface area contributed by atoms with Gasteiger partial charge in [0.1, 0.15) is 0 Å². The standard InChI is InChI=1S/C15H30/c1-3-15-12-8-4-6-10-14(2)11-7-5-9-13-15/h14-15H,3-13H2,1-2H3. The first-order valence-corrected chi connectivity index (χ1v) is 7.33. The highest BCUT2D eigenvalue weighted by molar-refractivity contribution is 4.62. The van der Waals surface area contributed by atoms with Crippen molar-refractivity contribution in [2.45, 2.75) is 84.5 Å². The van der Waals surface area contributed by atoms with Gasteiger partial charge in [0.2, 0.25) is 0 Å². The highest BCUT2D eigenvalue weighted by Gasteiger charge is 2.08. The molecule has 0 saturated heterocycles. The van der Waals surface area contributed by atoms with Gasteiger partial charge in [-0.1, -0.05) is 84.5 Å². The number of rotatable bonds is 1. The molecule has 0 heterocycles. The summed E-state index contributed by atoms with van der Waals surface area (Å²) < 4.78 is 0. The fourth-order valence-electron chi connectivity index (χ4n) is 2.90. The molecular formula is C15H30. The maximum atomic E-state index is 2.45. The predicted octanol–water partition coefficient (Wildman–Crippen LogP) is 5.56. The third kappa shape index (κ3) is 6.22. The van der Waals surface area contributed by atoms with E-state index in [0.29, 0.717) is 0 Å². The van der Waals surface area contributed by atoms with Crippen LogP contribution in [0.25, 0.3) is 0 Å². The second kappa shape index (κ2) is 8.19. The lowest BCUT2D eigenvalue weighted by Gasteiger charge is -2.17. The molecule has 0 atom stereocenters. The van der Waals surface area contributed by atoms with Gasteiger partial charge in [-0.3, -0.25) is 0 Å². The third-order valence-corrected chi connectivity index (χ3v) is 4.20. The summed E-state index contributed by atoms with van der Waals surface area (Å²) in [4.78, 5) is 0. The zero-order chi connectivity index (χ0) is 10.9. The van der Waals surface area contributed by atoms with E-state index >= 15 is 0 Å². The van der Waals surface area contributed by atoms with Crippen molar-refractivity contribution in [2.75, 3.05) is 0 Å². The third-order valence-electron chi connectivity index (χ3n) is 4.20. The monoisotopic (exact) mass is 210 g/mol. The van der Waals surface area contributed by atoms with Crippen molar-refractivity contribution in [2.24, 2.45) is 11.8 Å². The molecule has 0 amide bonds. The minimum Gasteiger partial charge on any atom is -0.0651 e. The SMILES string of the molecule is CCC1CCCCCC(C)CCCCC1. The maximum Gasteiger partial charge on any atom is -0.0417 e. The maximum absolute atomic E-state index is 2.45. The van der Waals surface area contributed by atoms with E-state index in [0.717, 1.165) is 11.8 Å². The second-order valence-corrected chi connectivity index (χ2v) is 5.66. The molecule has 1 rings (SSSR count). The molecule has 0 aromatic rings. The first kappa shape index (κ1) is 13.1. The molecule has 0 aromatic carbocycles. The summed E-state index contributed by atoms with van der Waals surface area (Å²) in [5.41, 5.74) is 0. The Balaban J connectivity index is 2.23. The molecule has 0 bridgehead atoms. The lowest BCUT2D eigenvalue weighted by Crippen LogP contribution is -2.02. The molecule has 0 nitrogen and oxygen atoms in total. The van der Waals surface area contributed by atoms with Gasteiger partial charge in [-0.05, 0) is 11.8 Å². The average Bonchev–Trinajstić information content (AvgIpc) is 2.23. The Morgan fingerprint density at radius 1 is 0.733 bits per heavy atom. The van der Waals surface area contributed by atoms with Crippen LogP contribution >= 0.6 is 0 Å². The lowest BCUT2D eigenvalue weighted by molar-refractivity contribution is 0.364. The van der Waals surface area contributed by atoms with Crippen molar-refractivity contribution in [1.29, 1.82) is 0 Å². The van der Waals surface area contributed by atoms with E-state index in [4.69, 9.17) is 0 Å². The van der Waals surface area contributed by atoms with Gasteiger partial charge in [0.15, 0.2) is 0 Å². The van der Waals surface area contributed by atoms with Gasteiger partial charge in [-0.25, -0.2) is 0 Å². The van der Waals surface area contributed by atoms with E-state index in [1.165, 1.54) is 70.6 Å². The van der Waals surface area contributed by atoms with Crippen molar-refractivity contribution < 1.29 is 0 Å². The molecule has 0 radical (unpaired) electrons. The Kier molecular flexibility index (Phi) is 7.13. The van der Waals surface area contributed by atoms with Crippen LogP contribution in [0.5, 0.6) is 0 Å². The van der Waals surface area contributed by atoms with Crippen LogP contribution in [-0.4, -0.2) is 0 Å². The smallest absolute Gasteiger partial charge is 0.0417 e. The molecule has 1 aliphatic carbocycles. The van der Waals surface area contributed by atoms with Crippen LogP contribution in [0.1, 0.15) is 84.5 Å². The van der Waals surface area contributed by atoms with Gasteiger partial charge in [0.25, 0.3) is 0 Å². The van der Waals surface area contributed by atoms with Crippen molar-refractivity contribution >= 4 is 0 Å². The summed E-state index contributed by atoms with van der Waals surface area (Å²) in [6, 6.07) is 0. The fourth-order valence-corrected chi connectivity index (χ4v) is 2.90. The molecule has 15 heavy (non-hydrogen) atoms. The van der Waals surface area contributed by atoms with Gasteiger partial charge in [-0.15, -0.1) is 0 Å². The van der Waals surface area contributed by atoms with Gasteiger partial charge < -0.3 is 0 Å². The summed E-state index contributed by atoms with van der Waals surface area (Å²) in [6.07, 6.45) is 16.3. The minimum absolute atomic E-state index is 0.992. The summed E-state index contributed by atoms with van der Waals surface area (Å²) in [5.74, 6) is 2.04. The molecule has 1 saturated carbocycles. The Bertz CT molecular complexity index is 125. The van der Waals surface area contributed by atoms with Gasteiger partial charge in [-0.2, -0.15) is 0 Å². The van der Waals surface area contributed by atoms with Crippen LogP contribution < -0.4 is 0 Å². The van der Waals surface area contributed by atoms with Crippen molar-refractivity contribution in [3.63, 3.8) is 0 Å². The Labute approximate surface area is 96.8 Å². The first-order chi connectivity index (χ1) is 7.33. The molecule has 0 N–H and O–H groups in total. The van der Waals surface area contributed by atoms with Crippen LogP contribution in [0.15, 0.2) is 0 Å². The quantitative estimate of drug-likeness (QED) is 0.531. The summed E-state index contributed by atoms with van der Waals surface area (Å²) in [6.45, 7) is 4.82. The van der Waals surface area contributed by atoms with Crippen LogP contribution in [0, 0.1) is 11.8 Å². The van der Waals surface area contributed by atoms with Crippen molar-refractivity contribution in [3.8, 4) is 0 Å². The molecule has 0 spiro atoms. The van der Waals surface area contributed by atoms with E-state index in [-0.39, 0.29) is 0 Å². The van der Waals surface area contributed by atoms with E-state index in [1.54, 1.807) is 0 Å². The lowest BCUT2D eigenvalue weighted by atomic mass is 9.89. The van der Waals surface area contributed by atoms with Gasteiger partial charge in [0, 0.05) is 0 Å². The fraction of sp³-hybridized carbons (Fsp3) is 1.00. The Hall–Kier alpha value is 0. The normalized spacial score (nSPS) is 31.6. The zero-order valence-electron chi connectivity index (χ0n) is 10.9. The van der Waals surface area contributed by atoms with Crippen LogP contribution in [-0.2, 0) is 0 Å². The Morgan fingerprint density at radius 2 is 1.20 bits per heavy atom. The van der Waals surface area contributed by atoms with Gasteiger partial charge in [0.05, 0.1) is 0 Å². The van der Waals surface area contributed by atoms with E-state index in [2.05, 4.69) is 13.8 Å². The van der Waals surface area contributed by atoms with Crippen LogP contribution in [0.2, 0.25) is 0 Å². The van der Waals surface area contributed by atoms with Crippen LogP contribution in [0.4, 0.5) is 0 Å². The van der Waals surface area contributed by atoms with Crippen molar-refractivity contribution in [1.82, 2.24) is 0 Å². The van der Waals surface area contributed by atoms with Crippen LogP contribution in [0.3, 0.4) is 0 Å². The average molecular weight is 210 g/mol. The summed E-state index contributed by atoms with van der Waals surface area (Å²) >= 11 is 0. The molecular weight excluding hydrogens is 180 g/mol. The van der Waals surface area contributed by atoms with E-state index in [1.807, 2.05) is 0 Å². The minimum atomic E-state index is 0.992. The first-order valence-electron chi connectivity index (χ1n) is 7.33. The van der Waals surface area contributed by atoms with E-state index in [9.17, 15) is 0 Å².